The van der Waals surface area contributed by atoms with Crippen LogP contribution in [0.3, 0.4) is 0 Å². The molecule has 2 aromatic heterocycles. The van der Waals surface area contributed by atoms with Gasteiger partial charge in [-0.3, -0.25) is 9.20 Å². The van der Waals surface area contributed by atoms with Gasteiger partial charge in [0.05, 0.1) is 11.1 Å². The zero-order valence-electron chi connectivity index (χ0n) is 16.8. The van der Waals surface area contributed by atoms with Crippen LogP contribution in [0.25, 0.3) is 5.65 Å². The standard InChI is InChI=1S/C21H19F4N5O/c1-3-14(16-10-15(22)5-6-17(16)21(23,24)25)8-9-29(2)20(31)19-28-27-18-7-4-13(11-26)12-30(18)19/h4-7,10,12,14H,3,8-9H2,1-2H3. The zero-order chi connectivity index (χ0) is 22.8. The SMILES string of the molecule is CCC(CCN(C)C(=O)c1nnc2ccc(C#N)cn12)c1cc(F)ccc1C(F)(F)F. The molecule has 0 radical (unpaired) electrons. The van der Waals surface area contributed by atoms with Crippen molar-refractivity contribution in [2.24, 2.45) is 0 Å². The second-order valence-corrected chi connectivity index (χ2v) is 7.13. The second kappa shape index (κ2) is 8.71. The van der Waals surface area contributed by atoms with E-state index in [0.717, 1.165) is 18.2 Å². The van der Waals surface area contributed by atoms with Crippen LogP contribution in [0.15, 0.2) is 36.5 Å². The second-order valence-electron chi connectivity index (χ2n) is 7.13. The first-order valence-electron chi connectivity index (χ1n) is 9.52. The quantitative estimate of drug-likeness (QED) is 0.540. The molecule has 162 valence electrons. The number of nitriles is 1. The Kier molecular flexibility index (Phi) is 6.24. The summed E-state index contributed by atoms with van der Waals surface area (Å²) in [6, 6.07) is 7.52. The Morgan fingerprint density at radius 2 is 2.00 bits per heavy atom. The highest BCUT2D eigenvalue weighted by Gasteiger charge is 2.35. The number of hydrogen-bond donors (Lipinski definition) is 0. The molecule has 31 heavy (non-hydrogen) atoms. The Morgan fingerprint density at radius 3 is 2.65 bits per heavy atom. The minimum absolute atomic E-state index is 0.00983. The number of aromatic nitrogens is 3. The first-order valence-corrected chi connectivity index (χ1v) is 9.52. The lowest BCUT2D eigenvalue weighted by atomic mass is 9.89. The van der Waals surface area contributed by atoms with E-state index in [-0.39, 0.29) is 24.4 Å². The van der Waals surface area contributed by atoms with Gasteiger partial charge in [0.2, 0.25) is 5.82 Å². The highest BCUT2D eigenvalue weighted by molar-refractivity contribution is 5.91. The highest BCUT2D eigenvalue weighted by Crippen LogP contribution is 2.37. The van der Waals surface area contributed by atoms with Crippen LogP contribution in [0.5, 0.6) is 0 Å². The van der Waals surface area contributed by atoms with Crippen molar-refractivity contribution >= 4 is 11.6 Å². The molecule has 6 nitrogen and oxygen atoms in total. The summed E-state index contributed by atoms with van der Waals surface area (Å²) in [7, 11) is 1.50. The van der Waals surface area contributed by atoms with Crippen molar-refractivity contribution in [2.75, 3.05) is 13.6 Å². The van der Waals surface area contributed by atoms with Crippen molar-refractivity contribution in [1.29, 1.82) is 5.26 Å². The Labute approximate surface area is 175 Å². The van der Waals surface area contributed by atoms with Crippen LogP contribution in [-0.2, 0) is 6.18 Å². The Hall–Kier alpha value is -3.48. The van der Waals surface area contributed by atoms with Crippen LogP contribution in [0.1, 0.15) is 53.0 Å². The summed E-state index contributed by atoms with van der Waals surface area (Å²) in [6.07, 6.45) is -2.62. The van der Waals surface area contributed by atoms with E-state index < -0.39 is 29.4 Å². The summed E-state index contributed by atoms with van der Waals surface area (Å²) < 4.78 is 55.2. The van der Waals surface area contributed by atoms with E-state index in [1.807, 2.05) is 6.07 Å². The number of amides is 1. The smallest absolute Gasteiger partial charge is 0.339 e. The summed E-state index contributed by atoms with van der Waals surface area (Å²) in [6.45, 7) is 1.84. The van der Waals surface area contributed by atoms with E-state index in [4.69, 9.17) is 5.26 Å². The van der Waals surface area contributed by atoms with Gasteiger partial charge in [0.1, 0.15) is 11.9 Å². The molecule has 1 aromatic carbocycles. The van der Waals surface area contributed by atoms with E-state index in [1.54, 1.807) is 19.1 Å². The third-order valence-corrected chi connectivity index (χ3v) is 5.13. The number of pyridine rings is 1. The van der Waals surface area contributed by atoms with Crippen molar-refractivity contribution in [3.63, 3.8) is 0 Å². The molecule has 0 aliphatic carbocycles. The highest BCUT2D eigenvalue weighted by atomic mass is 19.4. The maximum Gasteiger partial charge on any atom is 0.416 e. The molecule has 3 aromatic rings. The number of halogens is 4. The molecule has 10 heteroatoms. The number of alkyl halides is 3. The predicted octanol–water partition coefficient (Wildman–Crippen LogP) is 4.41. The molecule has 1 atom stereocenters. The first kappa shape index (κ1) is 22.2. The Morgan fingerprint density at radius 1 is 1.26 bits per heavy atom. The van der Waals surface area contributed by atoms with Gasteiger partial charge in [-0.05, 0) is 54.7 Å². The van der Waals surface area contributed by atoms with Crippen molar-refractivity contribution in [2.45, 2.75) is 31.9 Å². The average Bonchev–Trinajstić information content (AvgIpc) is 3.15. The average molecular weight is 433 g/mol. The van der Waals surface area contributed by atoms with E-state index in [0.29, 0.717) is 17.6 Å². The monoisotopic (exact) mass is 433 g/mol. The van der Waals surface area contributed by atoms with Crippen LogP contribution in [-0.4, -0.2) is 39.0 Å². The summed E-state index contributed by atoms with van der Waals surface area (Å²) in [4.78, 5) is 14.1. The van der Waals surface area contributed by atoms with Crippen LogP contribution >= 0.6 is 0 Å². The molecule has 3 rings (SSSR count). The molecule has 1 unspecified atom stereocenters. The summed E-state index contributed by atoms with van der Waals surface area (Å²) in [5.74, 6) is -1.84. The topological polar surface area (TPSA) is 74.3 Å². The van der Waals surface area contributed by atoms with Gasteiger partial charge in [-0.15, -0.1) is 10.2 Å². The molecule has 0 spiro atoms. The molecular weight excluding hydrogens is 414 g/mol. The predicted molar refractivity (Wildman–Crippen MR) is 104 cm³/mol. The molecule has 0 aliphatic rings. The van der Waals surface area contributed by atoms with Crippen LogP contribution in [0.4, 0.5) is 17.6 Å². The van der Waals surface area contributed by atoms with Gasteiger partial charge in [0.25, 0.3) is 5.91 Å². The number of carbonyl (C=O) groups excluding carboxylic acids is 1. The Balaban J connectivity index is 1.80. The number of hydrogen-bond acceptors (Lipinski definition) is 4. The fraction of sp³-hybridized carbons (Fsp3) is 0.333. The van der Waals surface area contributed by atoms with Gasteiger partial charge in [0.15, 0.2) is 5.65 Å². The molecule has 0 fully saturated rings. The number of fused-ring (bicyclic) bond motifs is 1. The van der Waals surface area contributed by atoms with Crippen LogP contribution in [0, 0.1) is 17.1 Å². The zero-order valence-corrected chi connectivity index (χ0v) is 16.8. The molecular formula is C21H19F4N5O. The van der Waals surface area contributed by atoms with Crippen molar-refractivity contribution in [3.05, 3.63) is 64.9 Å². The van der Waals surface area contributed by atoms with Gasteiger partial charge in [-0.1, -0.05) is 6.92 Å². The van der Waals surface area contributed by atoms with Gasteiger partial charge >= 0.3 is 6.18 Å². The molecule has 0 saturated heterocycles. The molecule has 1 amide bonds. The molecule has 0 aliphatic heterocycles. The maximum absolute atomic E-state index is 13.7. The number of benzene rings is 1. The number of carbonyl (C=O) groups is 1. The largest absolute Gasteiger partial charge is 0.416 e. The van der Waals surface area contributed by atoms with Crippen molar-refractivity contribution in [1.82, 2.24) is 19.5 Å². The third-order valence-electron chi connectivity index (χ3n) is 5.13. The van der Waals surface area contributed by atoms with E-state index >= 15 is 0 Å². The first-order chi connectivity index (χ1) is 14.7. The minimum atomic E-state index is -4.60. The van der Waals surface area contributed by atoms with Gasteiger partial charge in [-0.2, -0.15) is 18.4 Å². The lowest BCUT2D eigenvalue weighted by molar-refractivity contribution is -0.138. The van der Waals surface area contributed by atoms with E-state index in [2.05, 4.69) is 10.2 Å². The minimum Gasteiger partial charge on any atom is -0.339 e. The fourth-order valence-electron chi connectivity index (χ4n) is 3.43. The summed E-state index contributed by atoms with van der Waals surface area (Å²) >= 11 is 0. The number of nitrogens with zero attached hydrogens (tertiary/aromatic N) is 5. The number of rotatable bonds is 6. The summed E-state index contributed by atoms with van der Waals surface area (Å²) in [5, 5.41) is 16.8. The summed E-state index contributed by atoms with van der Waals surface area (Å²) in [5.41, 5.74) is -0.290. The lowest BCUT2D eigenvalue weighted by Crippen LogP contribution is -2.30. The van der Waals surface area contributed by atoms with Crippen LogP contribution in [0.2, 0.25) is 0 Å². The van der Waals surface area contributed by atoms with E-state index in [1.165, 1.54) is 22.5 Å². The van der Waals surface area contributed by atoms with Crippen molar-refractivity contribution in [3.8, 4) is 6.07 Å². The molecule has 0 saturated carbocycles. The lowest BCUT2D eigenvalue weighted by Gasteiger charge is -2.23. The van der Waals surface area contributed by atoms with Gasteiger partial charge in [0, 0.05) is 19.8 Å². The maximum atomic E-state index is 13.7. The van der Waals surface area contributed by atoms with Gasteiger partial charge < -0.3 is 4.90 Å². The van der Waals surface area contributed by atoms with Gasteiger partial charge in [-0.25, -0.2) is 4.39 Å². The molecule has 0 N–H and O–H groups in total. The normalized spacial score (nSPS) is 12.5. The fourth-order valence-corrected chi connectivity index (χ4v) is 3.43. The Bertz CT molecular complexity index is 1150. The van der Waals surface area contributed by atoms with Crippen LogP contribution < -0.4 is 0 Å². The van der Waals surface area contributed by atoms with E-state index in [9.17, 15) is 22.4 Å². The molecule has 2 heterocycles. The molecule has 0 bridgehead atoms. The van der Waals surface area contributed by atoms with Crippen molar-refractivity contribution < 1.29 is 22.4 Å². The third kappa shape index (κ3) is 4.66.